The Morgan fingerprint density at radius 3 is 2.84 bits per heavy atom. The number of nitrogens with zero attached hydrogens (tertiary/aromatic N) is 4. The van der Waals surface area contributed by atoms with Crippen molar-refractivity contribution in [1.29, 1.82) is 0 Å². The number of nitrogens with two attached hydrogens (primary N) is 1. The van der Waals surface area contributed by atoms with Crippen LogP contribution in [0.2, 0.25) is 0 Å². The second-order valence-corrected chi connectivity index (χ2v) is 4.73. The summed E-state index contributed by atoms with van der Waals surface area (Å²) in [7, 11) is 0. The number of ether oxygens (including phenoxy) is 1. The van der Waals surface area contributed by atoms with E-state index in [1.165, 1.54) is 0 Å². The Morgan fingerprint density at radius 1 is 1.32 bits per heavy atom. The van der Waals surface area contributed by atoms with Gasteiger partial charge in [0.25, 0.3) is 0 Å². The molecule has 0 spiro atoms. The lowest BCUT2D eigenvalue weighted by Crippen LogP contribution is -2.11. The van der Waals surface area contributed by atoms with Crippen LogP contribution in [0.3, 0.4) is 0 Å². The van der Waals surface area contributed by atoms with Crippen LogP contribution in [-0.2, 0) is 6.42 Å². The predicted molar refractivity (Wildman–Crippen MR) is 74.5 cm³/mol. The normalized spacial score (nSPS) is 10.4. The monoisotopic (exact) mass is 280 g/mol. The molecule has 0 amide bonds. The van der Waals surface area contributed by atoms with Gasteiger partial charge in [-0.25, -0.2) is 4.98 Å². The third kappa shape index (κ3) is 4.02. The summed E-state index contributed by atoms with van der Waals surface area (Å²) in [5.41, 5.74) is 6.63. The zero-order valence-electron chi connectivity index (χ0n) is 10.9. The molecule has 0 aliphatic rings. The van der Waals surface area contributed by atoms with Gasteiger partial charge in [-0.1, -0.05) is 0 Å². The lowest BCUT2D eigenvalue weighted by Gasteiger charge is -2.06. The molecule has 2 heterocycles. The van der Waals surface area contributed by atoms with Crippen molar-refractivity contribution in [2.45, 2.75) is 20.3 Å². The summed E-state index contributed by atoms with van der Waals surface area (Å²) in [6.45, 7) is 5.01. The molecule has 0 atom stereocenters. The molecule has 19 heavy (non-hydrogen) atoms. The number of anilines is 2. The van der Waals surface area contributed by atoms with Crippen LogP contribution in [0.5, 0.6) is 6.01 Å². The highest BCUT2D eigenvalue weighted by Gasteiger charge is 2.05. The van der Waals surface area contributed by atoms with Crippen molar-refractivity contribution in [3.63, 3.8) is 0 Å². The molecule has 0 bridgehead atoms. The summed E-state index contributed by atoms with van der Waals surface area (Å²) in [6, 6.07) is 0.239. The summed E-state index contributed by atoms with van der Waals surface area (Å²) in [6.07, 6.45) is 0.814. The third-order valence-corrected chi connectivity index (χ3v) is 3.22. The topological polar surface area (TPSA) is 98.8 Å². The second-order valence-electron chi connectivity index (χ2n) is 3.79. The van der Waals surface area contributed by atoms with E-state index in [1.807, 2.05) is 19.2 Å². The SMILES string of the molecule is CCOc1nc(N)nc(NCCc2nc(C)cs2)n1. The molecule has 2 aromatic rings. The van der Waals surface area contributed by atoms with Crippen molar-refractivity contribution >= 4 is 23.2 Å². The first-order valence-electron chi connectivity index (χ1n) is 5.96. The Bertz CT molecular complexity index is 544. The molecule has 0 radical (unpaired) electrons. The minimum Gasteiger partial charge on any atom is -0.464 e. The van der Waals surface area contributed by atoms with Crippen LogP contribution in [0.4, 0.5) is 11.9 Å². The Morgan fingerprint density at radius 2 is 2.16 bits per heavy atom. The number of hydrogen-bond donors (Lipinski definition) is 2. The Balaban J connectivity index is 1.91. The van der Waals surface area contributed by atoms with Crippen LogP contribution in [0.1, 0.15) is 17.6 Å². The van der Waals surface area contributed by atoms with E-state index in [1.54, 1.807) is 11.3 Å². The summed E-state index contributed by atoms with van der Waals surface area (Å²) >= 11 is 1.65. The van der Waals surface area contributed by atoms with Crippen molar-refractivity contribution in [2.75, 3.05) is 24.2 Å². The van der Waals surface area contributed by atoms with E-state index in [-0.39, 0.29) is 12.0 Å². The standard InChI is InChI=1S/C11H16N6OS/c1-3-18-11-16-9(12)15-10(17-11)13-5-4-8-14-7(2)6-19-8/h6H,3-5H2,1-2H3,(H3,12,13,15,16,17). The lowest BCUT2D eigenvalue weighted by atomic mass is 10.4. The average molecular weight is 280 g/mol. The van der Waals surface area contributed by atoms with Gasteiger partial charge in [-0.05, 0) is 13.8 Å². The molecule has 102 valence electrons. The first-order valence-corrected chi connectivity index (χ1v) is 6.84. The number of nitrogen functional groups attached to an aromatic ring is 1. The molecule has 0 aliphatic carbocycles. The molecule has 0 unspecified atom stereocenters. The summed E-state index contributed by atoms with van der Waals surface area (Å²) in [5, 5.41) is 6.20. The fourth-order valence-electron chi connectivity index (χ4n) is 1.44. The Hall–Kier alpha value is -1.96. The Kier molecular flexibility index (Phi) is 4.45. The second kappa shape index (κ2) is 6.28. The van der Waals surface area contributed by atoms with Gasteiger partial charge in [0.05, 0.1) is 11.6 Å². The Labute approximate surface area is 115 Å². The van der Waals surface area contributed by atoms with Crippen LogP contribution in [-0.4, -0.2) is 33.1 Å². The van der Waals surface area contributed by atoms with E-state index in [9.17, 15) is 0 Å². The highest BCUT2D eigenvalue weighted by atomic mass is 32.1. The van der Waals surface area contributed by atoms with Crippen LogP contribution >= 0.6 is 11.3 Å². The molecule has 3 N–H and O–H groups in total. The van der Waals surface area contributed by atoms with Gasteiger partial charge >= 0.3 is 6.01 Å². The lowest BCUT2D eigenvalue weighted by molar-refractivity contribution is 0.312. The number of rotatable bonds is 6. The van der Waals surface area contributed by atoms with Crippen molar-refractivity contribution < 1.29 is 4.74 Å². The molecule has 8 heteroatoms. The van der Waals surface area contributed by atoms with E-state index in [4.69, 9.17) is 10.5 Å². The van der Waals surface area contributed by atoms with Crippen molar-refractivity contribution in [1.82, 2.24) is 19.9 Å². The fourth-order valence-corrected chi connectivity index (χ4v) is 2.22. The summed E-state index contributed by atoms with van der Waals surface area (Å²) < 4.78 is 5.20. The van der Waals surface area contributed by atoms with Crippen molar-refractivity contribution in [2.24, 2.45) is 0 Å². The van der Waals surface area contributed by atoms with Crippen LogP contribution < -0.4 is 15.8 Å². The van der Waals surface area contributed by atoms with Gasteiger partial charge in [0, 0.05) is 24.0 Å². The summed E-state index contributed by atoms with van der Waals surface area (Å²) in [4.78, 5) is 16.4. The van der Waals surface area contributed by atoms with Gasteiger partial charge in [-0.2, -0.15) is 15.0 Å². The van der Waals surface area contributed by atoms with Gasteiger partial charge < -0.3 is 15.8 Å². The number of nitrogens with one attached hydrogen (secondary N) is 1. The first kappa shape index (κ1) is 13.5. The molecule has 2 rings (SSSR count). The molecule has 7 nitrogen and oxygen atoms in total. The van der Waals surface area contributed by atoms with E-state index in [0.29, 0.717) is 19.1 Å². The van der Waals surface area contributed by atoms with Crippen molar-refractivity contribution in [3.8, 4) is 6.01 Å². The zero-order valence-corrected chi connectivity index (χ0v) is 11.7. The molecule has 0 aromatic carbocycles. The average Bonchev–Trinajstić information content (AvgIpc) is 2.75. The van der Waals surface area contributed by atoms with E-state index in [2.05, 4.69) is 25.3 Å². The van der Waals surface area contributed by atoms with E-state index >= 15 is 0 Å². The maximum absolute atomic E-state index is 5.58. The van der Waals surface area contributed by atoms with Crippen molar-refractivity contribution in [3.05, 3.63) is 16.1 Å². The van der Waals surface area contributed by atoms with Gasteiger partial charge in [0.1, 0.15) is 0 Å². The number of thiazole rings is 1. The largest absolute Gasteiger partial charge is 0.464 e. The fraction of sp³-hybridized carbons (Fsp3) is 0.455. The van der Waals surface area contributed by atoms with Gasteiger partial charge in [0.2, 0.25) is 11.9 Å². The molecule has 0 saturated heterocycles. The third-order valence-electron chi connectivity index (χ3n) is 2.19. The first-order chi connectivity index (χ1) is 9.17. The van der Waals surface area contributed by atoms with Crippen LogP contribution in [0.15, 0.2) is 5.38 Å². The molecule has 0 aliphatic heterocycles. The van der Waals surface area contributed by atoms with E-state index < -0.39 is 0 Å². The zero-order chi connectivity index (χ0) is 13.7. The quantitative estimate of drug-likeness (QED) is 0.822. The smallest absolute Gasteiger partial charge is 0.323 e. The molecule has 0 fully saturated rings. The summed E-state index contributed by atoms with van der Waals surface area (Å²) in [5.74, 6) is 0.565. The minimum absolute atomic E-state index is 0.144. The maximum Gasteiger partial charge on any atom is 0.323 e. The maximum atomic E-state index is 5.58. The molecule has 0 saturated carbocycles. The van der Waals surface area contributed by atoms with Crippen LogP contribution in [0.25, 0.3) is 0 Å². The predicted octanol–water partition coefficient (Wildman–Crippen LogP) is 1.27. The molecular formula is C11H16N6OS. The minimum atomic E-state index is 0.144. The van der Waals surface area contributed by atoms with E-state index in [0.717, 1.165) is 17.1 Å². The number of aryl methyl sites for hydroxylation is 1. The van der Waals surface area contributed by atoms with Gasteiger partial charge in [-0.15, -0.1) is 11.3 Å². The number of aromatic nitrogens is 4. The number of hydrogen-bond acceptors (Lipinski definition) is 8. The van der Waals surface area contributed by atoms with Gasteiger partial charge in [-0.3, -0.25) is 0 Å². The molecule has 2 aromatic heterocycles. The van der Waals surface area contributed by atoms with Crippen LogP contribution in [0, 0.1) is 6.92 Å². The van der Waals surface area contributed by atoms with Gasteiger partial charge in [0.15, 0.2) is 0 Å². The highest BCUT2D eigenvalue weighted by molar-refractivity contribution is 7.09. The highest BCUT2D eigenvalue weighted by Crippen LogP contribution is 2.11. The molecular weight excluding hydrogens is 264 g/mol.